The number of rotatable bonds is 3. The van der Waals surface area contributed by atoms with Crippen LogP contribution in [0.3, 0.4) is 0 Å². The Balaban J connectivity index is 1.96. The van der Waals surface area contributed by atoms with Crippen molar-refractivity contribution in [1.82, 2.24) is 0 Å². The topological polar surface area (TPSA) is 0 Å². The Hall–Kier alpha value is 0.290. The molecular formula is C11H19Cl. The Morgan fingerprint density at radius 3 is 2.58 bits per heavy atom. The van der Waals surface area contributed by atoms with E-state index in [0.29, 0.717) is 0 Å². The van der Waals surface area contributed by atoms with Crippen molar-refractivity contribution in [2.75, 3.05) is 5.88 Å². The van der Waals surface area contributed by atoms with Crippen LogP contribution in [0.1, 0.15) is 39.0 Å². The summed E-state index contributed by atoms with van der Waals surface area (Å²) in [5, 5.41) is 0. The molecule has 1 heteroatoms. The fraction of sp³-hybridized carbons (Fsp3) is 1.00. The van der Waals surface area contributed by atoms with E-state index in [4.69, 9.17) is 11.6 Å². The molecule has 4 atom stereocenters. The maximum absolute atomic E-state index is 5.98. The lowest BCUT2D eigenvalue weighted by atomic mass is 9.79. The number of hydrogen-bond donors (Lipinski definition) is 0. The summed E-state index contributed by atoms with van der Waals surface area (Å²) in [4.78, 5) is 0. The maximum Gasteiger partial charge on any atom is 0.0254 e. The van der Waals surface area contributed by atoms with Gasteiger partial charge in [-0.15, -0.1) is 11.6 Å². The quantitative estimate of drug-likeness (QED) is 0.590. The van der Waals surface area contributed by atoms with Crippen LogP contribution < -0.4 is 0 Å². The summed E-state index contributed by atoms with van der Waals surface area (Å²) in [6, 6.07) is 0. The normalized spacial score (nSPS) is 42.0. The van der Waals surface area contributed by atoms with E-state index in [-0.39, 0.29) is 0 Å². The van der Waals surface area contributed by atoms with Crippen LogP contribution in [0.2, 0.25) is 0 Å². The molecule has 2 aliphatic carbocycles. The van der Waals surface area contributed by atoms with Gasteiger partial charge in [0, 0.05) is 5.88 Å². The maximum atomic E-state index is 5.98. The van der Waals surface area contributed by atoms with Gasteiger partial charge in [0.05, 0.1) is 0 Å². The van der Waals surface area contributed by atoms with Crippen LogP contribution in [0.25, 0.3) is 0 Å². The molecule has 70 valence electrons. The summed E-state index contributed by atoms with van der Waals surface area (Å²) >= 11 is 5.98. The first-order chi connectivity index (χ1) is 5.85. The number of fused-ring (bicyclic) bond motifs is 2. The first kappa shape index (κ1) is 8.87. The monoisotopic (exact) mass is 186 g/mol. The Kier molecular flexibility index (Phi) is 2.64. The van der Waals surface area contributed by atoms with E-state index in [2.05, 4.69) is 6.92 Å². The summed E-state index contributed by atoms with van der Waals surface area (Å²) in [6.07, 6.45) is 7.33. The zero-order chi connectivity index (χ0) is 8.55. The molecule has 0 aromatic carbocycles. The van der Waals surface area contributed by atoms with Crippen molar-refractivity contribution in [3.05, 3.63) is 0 Å². The van der Waals surface area contributed by atoms with E-state index >= 15 is 0 Å². The van der Waals surface area contributed by atoms with Gasteiger partial charge < -0.3 is 0 Å². The minimum atomic E-state index is 0.821. The summed E-state index contributed by atoms with van der Waals surface area (Å²) in [5.74, 6) is 4.84. The second kappa shape index (κ2) is 3.57. The van der Waals surface area contributed by atoms with Crippen LogP contribution in [0.5, 0.6) is 0 Å². The van der Waals surface area contributed by atoms with E-state index in [1.165, 1.54) is 32.1 Å². The van der Waals surface area contributed by atoms with Crippen LogP contribution in [0, 0.1) is 23.7 Å². The molecule has 2 rings (SSSR count). The molecule has 0 spiro atoms. The van der Waals surface area contributed by atoms with Crippen molar-refractivity contribution in [3.8, 4) is 0 Å². The molecule has 0 N–H and O–H groups in total. The molecule has 4 unspecified atom stereocenters. The van der Waals surface area contributed by atoms with Gasteiger partial charge >= 0.3 is 0 Å². The van der Waals surface area contributed by atoms with Crippen LogP contribution in [-0.2, 0) is 0 Å². The summed E-state index contributed by atoms with van der Waals surface area (Å²) in [5.41, 5.74) is 0. The van der Waals surface area contributed by atoms with E-state index in [9.17, 15) is 0 Å². The molecule has 0 aromatic rings. The third-order valence-electron chi connectivity index (χ3n) is 4.12. The van der Waals surface area contributed by atoms with Crippen molar-refractivity contribution >= 4 is 11.6 Å². The van der Waals surface area contributed by atoms with Crippen molar-refractivity contribution in [2.24, 2.45) is 23.7 Å². The second-order valence-electron chi connectivity index (χ2n) is 4.66. The Morgan fingerprint density at radius 1 is 1.33 bits per heavy atom. The minimum absolute atomic E-state index is 0.821. The van der Waals surface area contributed by atoms with E-state index < -0.39 is 0 Å². The molecule has 12 heavy (non-hydrogen) atoms. The zero-order valence-corrected chi connectivity index (χ0v) is 8.69. The third-order valence-corrected chi connectivity index (χ3v) is 4.52. The average Bonchev–Trinajstić information content (AvgIpc) is 2.67. The molecule has 0 radical (unpaired) electrons. The highest BCUT2D eigenvalue weighted by molar-refractivity contribution is 6.18. The van der Waals surface area contributed by atoms with Gasteiger partial charge in [-0.3, -0.25) is 0 Å². The number of hydrogen-bond acceptors (Lipinski definition) is 0. The molecule has 2 aliphatic rings. The van der Waals surface area contributed by atoms with Crippen molar-refractivity contribution in [2.45, 2.75) is 39.0 Å². The summed E-state index contributed by atoms with van der Waals surface area (Å²) in [6.45, 7) is 2.29. The number of alkyl halides is 1. The molecule has 0 nitrogen and oxygen atoms in total. The zero-order valence-electron chi connectivity index (χ0n) is 7.93. The third kappa shape index (κ3) is 1.39. The van der Waals surface area contributed by atoms with Crippen LogP contribution in [-0.4, -0.2) is 5.88 Å². The molecule has 0 aliphatic heterocycles. The standard InChI is InChI=1S/C11H19Cl/c1-2-9(7-12)11-6-8-3-4-10(11)5-8/h8-11H,2-7H2,1H3. The first-order valence-electron chi connectivity index (χ1n) is 5.41. The van der Waals surface area contributed by atoms with E-state index in [1.807, 2.05) is 0 Å². The van der Waals surface area contributed by atoms with Crippen molar-refractivity contribution < 1.29 is 0 Å². The Labute approximate surface area is 80.7 Å². The van der Waals surface area contributed by atoms with Gasteiger partial charge in [-0.05, 0) is 42.9 Å². The Bertz CT molecular complexity index is 151. The molecule has 0 saturated heterocycles. The molecule has 2 saturated carbocycles. The fourth-order valence-electron chi connectivity index (χ4n) is 3.40. The first-order valence-corrected chi connectivity index (χ1v) is 5.94. The number of halogens is 1. The van der Waals surface area contributed by atoms with E-state index in [0.717, 1.165) is 29.6 Å². The highest BCUT2D eigenvalue weighted by Crippen LogP contribution is 2.51. The molecule has 0 amide bonds. The van der Waals surface area contributed by atoms with Gasteiger partial charge in [-0.2, -0.15) is 0 Å². The predicted molar refractivity (Wildman–Crippen MR) is 53.4 cm³/mol. The lowest BCUT2D eigenvalue weighted by Crippen LogP contribution is -2.21. The van der Waals surface area contributed by atoms with Crippen LogP contribution >= 0.6 is 11.6 Å². The van der Waals surface area contributed by atoms with Gasteiger partial charge in [0.15, 0.2) is 0 Å². The lowest BCUT2D eigenvalue weighted by Gasteiger charge is -2.28. The largest absolute Gasteiger partial charge is 0.126 e. The summed E-state index contributed by atoms with van der Waals surface area (Å²) < 4.78 is 0. The molecule has 0 aromatic heterocycles. The van der Waals surface area contributed by atoms with Crippen molar-refractivity contribution in [3.63, 3.8) is 0 Å². The molecule has 0 heterocycles. The summed E-state index contributed by atoms with van der Waals surface area (Å²) in [7, 11) is 0. The minimum Gasteiger partial charge on any atom is -0.126 e. The van der Waals surface area contributed by atoms with Gasteiger partial charge in [0.25, 0.3) is 0 Å². The lowest BCUT2D eigenvalue weighted by molar-refractivity contribution is 0.239. The molecule has 2 fully saturated rings. The SMILES string of the molecule is CCC(CCl)C1CC2CCC1C2. The highest BCUT2D eigenvalue weighted by Gasteiger charge is 2.41. The van der Waals surface area contributed by atoms with Gasteiger partial charge in [-0.25, -0.2) is 0 Å². The van der Waals surface area contributed by atoms with Gasteiger partial charge in [-0.1, -0.05) is 19.8 Å². The van der Waals surface area contributed by atoms with E-state index in [1.54, 1.807) is 0 Å². The average molecular weight is 187 g/mol. The molecule has 2 bridgehead atoms. The molecular weight excluding hydrogens is 168 g/mol. The van der Waals surface area contributed by atoms with Gasteiger partial charge in [0.2, 0.25) is 0 Å². The predicted octanol–water partition coefficient (Wildman–Crippen LogP) is 3.69. The Morgan fingerprint density at radius 2 is 2.17 bits per heavy atom. The van der Waals surface area contributed by atoms with Gasteiger partial charge in [0.1, 0.15) is 0 Å². The van der Waals surface area contributed by atoms with Crippen LogP contribution in [0.15, 0.2) is 0 Å². The fourth-order valence-corrected chi connectivity index (χ4v) is 3.84. The van der Waals surface area contributed by atoms with Crippen LogP contribution in [0.4, 0.5) is 0 Å². The second-order valence-corrected chi connectivity index (χ2v) is 4.97. The smallest absolute Gasteiger partial charge is 0.0254 e. The highest BCUT2D eigenvalue weighted by atomic mass is 35.5. The van der Waals surface area contributed by atoms with Crippen molar-refractivity contribution in [1.29, 1.82) is 0 Å².